The molecule has 112 valence electrons. The summed E-state index contributed by atoms with van der Waals surface area (Å²) >= 11 is 0. The number of likely N-dealkylation sites (tertiary alicyclic amines) is 1. The number of hydrogen-bond acceptors (Lipinski definition) is 4. The van der Waals surface area contributed by atoms with E-state index in [1.807, 2.05) is 0 Å². The SMILES string of the molecule is Cn1c(CN2CCCC2CCCO)cc(=O)n(C)c1=O. The Morgan fingerprint density at radius 1 is 1.30 bits per heavy atom. The van der Waals surface area contributed by atoms with Gasteiger partial charge in [-0.25, -0.2) is 4.79 Å². The second-order valence-corrected chi connectivity index (χ2v) is 5.51. The molecule has 1 aromatic heterocycles. The highest BCUT2D eigenvalue weighted by atomic mass is 16.3. The van der Waals surface area contributed by atoms with Crippen molar-refractivity contribution >= 4 is 0 Å². The van der Waals surface area contributed by atoms with Gasteiger partial charge in [-0.05, 0) is 32.2 Å². The van der Waals surface area contributed by atoms with Crippen molar-refractivity contribution in [3.05, 3.63) is 32.6 Å². The molecule has 0 aliphatic carbocycles. The van der Waals surface area contributed by atoms with Gasteiger partial charge in [-0.2, -0.15) is 0 Å². The summed E-state index contributed by atoms with van der Waals surface area (Å²) in [6.07, 6.45) is 4.03. The molecule has 6 nitrogen and oxygen atoms in total. The summed E-state index contributed by atoms with van der Waals surface area (Å²) in [5.41, 5.74) is 0.224. The minimum absolute atomic E-state index is 0.217. The molecule has 2 rings (SSSR count). The van der Waals surface area contributed by atoms with E-state index in [1.54, 1.807) is 17.7 Å². The van der Waals surface area contributed by atoms with Crippen LogP contribution in [0.1, 0.15) is 31.4 Å². The highest BCUT2D eigenvalue weighted by Gasteiger charge is 2.24. The van der Waals surface area contributed by atoms with Gasteiger partial charge < -0.3 is 5.11 Å². The van der Waals surface area contributed by atoms with Crippen LogP contribution in [0.4, 0.5) is 0 Å². The molecular weight excluding hydrogens is 258 g/mol. The summed E-state index contributed by atoms with van der Waals surface area (Å²) in [7, 11) is 3.20. The van der Waals surface area contributed by atoms with Gasteiger partial charge in [0.05, 0.1) is 0 Å². The maximum atomic E-state index is 11.9. The van der Waals surface area contributed by atoms with Gasteiger partial charge in [0.1, 0.15) is 0 Å². The summed E-state index contributed by atoms with van der Waals surface area (Å²) in [6, 6.07) is 1.99. The Morgan fingerprint density at radius 3 is 2.75 bits per heavy atom. The fraction of sp³-hybridized carbons (Fsp3) is 0.714. The van der Waals surface area contributed by atoms with Crippen LogP contribution in [-0.2, 0) is 20.6 Å². The average molecular weight is 281 g/mol. The van der Waals surface area contributed by atoms with Crippen molar-refractivity contribution in [3.63, 3.8) is 0 Å². The van der Waals surface area contributed by atoms with Crippen LogP contribution < -0.4 is 11.2 Å². The molecule has 1 aliphatic heterocycles. The maximum Gasteiger partial charge on any atom is 0.330 e. The molecule has 1 saturated heterocycles. The van der Waals surface area contributed by atoms with Crippen molar-refractivity contribution in [2.24, 2.45) is 14.1 Å². The van der Waals surface area contributed by atoms with E-state index in [4.69, 9.17) is 5.11 Å². The van der Waals surface area contributed by atoms with E-state index in [0.717, 1.165) is 42.5 Å². The molecular formula is C14H23N3O3. The predicted molar refractivity (Wildman–Crippen MR) is 76.7 cm³/mol. The van der Waals surface area contributed by atoms with E-state index in [0.29, 0.717) is 12.6 Å². The zero-order valence-electron chi connectivity index (χ0n) is 12.2. The zero-order valence-corrected chi connectivity index (χ0v) is 12.2. The van der Waals surface area contributed by atoms with E-state index in [-0.39, 0.29) is 17.9 Å². The van der Waals surface area contributed by atoms with Crippen molar-refractivity contribution in [1.82, 2.24) is 14.0 Å². The fourth-order valence-electron chi connectivity index (χ4n) is 2.90. The number of aliphatic hydroxyl groups is 1. The molecule has 0 spiro atoms. The van der Waals surface area contributed by atoms with Crippen LogP contribution in [0.15, 0.2) is 15.7 Å². The van der Waals surface area contributed by atoms with Crippen molar-refractivity contribution < 1.29 is 5.11 Å². The number of rotatable bonds is 5. The second-order valence-electron chi connectivity index (χ2n) is 5.51. The summed E-state index contributed by atoms with van der Waals surface area (Å²) in [5.74, 6) is 0. The van der Waals surface area contributed by atoms with Gasteiger partial charge in [0.25, 0.3) is 5.56 Å². The van der Waals surface area contributed by atoms with E-state index < -0.39 is 0 Å². The van der Waals surface area contributed by atoms with Crippen LogP contribution in [0.5, 0.6) is 0 Å². The lowest BCUT2D eigenvalue weighted by molar-refractivity contribution is 0.206. The molecule has 1 aliphatic rings. The molecule has 20 heavy (non-hydrogen) atoms. The van der Waals surface area contributed by atoms with E-state index in [2.05, 4.69) is 4.90 Å². The number of hydrogen-bond donors (Lipinski definition) is 1. The Morgan fingerprint density at radius 2 is 2.05 bits per heavy atom. The highest BCUT2D eigenvalue weighted by Crippen LogP contribution is 2.22. The largest absolute Gasteiger partial charge is 0.396 e. The lowest BCUT2D eigenvalue weighted by atomic mass is 10.1. The Labute approximate surface area is 118 Å². The quantitative estimate of drug-likeness (QED) is 0.813. The van der Waals surface area contributed by atoms with Crippen molar-refractivity contribution in [2.75, 3.05) is 13.2 Å². The van der Waals surface area contributed by atoms with Gasteiger partial charge in [0, 0.05) is 45.0 Å². The van der Waals surface area contributed by atoms with Crippen LogP contribution in [0.2, 0.25) is 0 Å². The molecule has 0 amide bonds. The van der Waals surface area contributed by atoms with Crippen molar-refractivity contribution in [3.8, 4) is 0 Å². The molecule has 2 heterocycles. The minimum Gasteiger partial charge on any atom is -0.396 e. The molecule has 6 heteroatoms. The van der Waals surface area contributed by atoms with Gasteiger partial charge in [-0.3, -0.25) is 18.8 Å². The van der Waals surface area contributed by atoms with Gasteiger partial charge in [-0.1, -0.05) is 0 Å². The van der Waals surface area contributed by atoms with Gasteiger partial charge in [0.2, 0.25) is 0 Å². The Balaban J connectivity index is 2.17. The molecule has 0 bridgehead atoms. The molecule has 0 aromatic carbocycles. The van der Waals surface area contributed by atoms with Crippen molar-refractivity contribution in [2.45, 2.75) is 38.3 Å². The third-order valence-corrected chi connectivity index (χ3v) is 4.18. The monoisotopic (exact) mass is 281 g/mol. The van der Waals surface area contributed by atoms with Crippen LogP contribution >= 0.6 is 0 Å². The number of aliphatic hydroxyl groups excluding tert-OH is 1. The molecule has 1 fully saturated rings. The van der Waals surface area contributed by atoms with Crippen molar-refractivity contribution in [1.29, 1.82) is 0 Å². The standard InChI is InChI=1S/C14H23N3O3/c1-15-12(9-13(19)16(2)14(15)20)10-17-7-3-5-11(17)6-4-8-18/h9,11,18H,3-8,10H2,1-2H3. The summed E-state index contributed by atoms with van der Waals surface area (Å²) in [6.45, 7) is 1.83. The first kappa shape index (κ1) is 15.0. The average Bonchev–Trinajstić information content (AvgIpc) is 2.87. The molecule has 1 atom stereocenters. The maximum absolute atomic E-state index is 11.9. The zero-order chi connectivity index (χ0) is 14.7. The molecule has 1 unspecified atom stereocenters. The van der Waals surface area contributed by atoms with Gasteiger partial charge in [-0.15, -0.1) is 0 Å². The van der Waals surface area contributed by atoms with Gasteiger partial charge >= 0.3 is 5.69 Å². The number of nitrogens with zero attached hydrogens (tertiary/aromatic N) is 3. The van der Waals surface area contributed by atoms with Crippen LogP contribution in [0.3, 0.4) is 0 Å². The predicted octanol–water partition coefficient (Wildman–Crippen LogP) is -0.179. The van der Waals surface area contributed by atoms with E-state index in [9.17, 15) is 9.59 Å². The molecule has 1 aromatic rings. The van der Waals surface area contributed by atoms with Gasteiger partial charge in [0.15, 0.2) is 0 Å². The van der Waals surface area contributed by atoms with Crippen LogP contribution in [0, 0.1) is 0 Å². The third kappa shape index (κ3) is 3.02. The van der Waals surface area contributed by atoms with Crippen LogP contribution in [0.25, 0.3) is 0 Å². The topological polar surface area (TPSA) is 67.5 Å². The third-order valence-electron chi connectivity index (χ3n) is 4.18. The van der Waals surface area contributed by atoms with E-state index in [1.165, 1.54) is 7.05 Å². The Kier molecular flexibility index (Phi) is 4.77. The normalized spacial score (nSPS) is 19.6. The number of aromatic nitrogens is 2. The lowest BCUT2D eigenvalue weighted by Crippen LogP contribution is -2.40. The smallest absolute Gasteiger partial charge is 0.330 e. The fourth-order valence-corrected chi connectivity index (χ4v) is 2.90. The van der Waals surface area contributed by atoms with E-state index >= 15 is 0 Å². The lowest BCUT2D eigenvalue weighted by Gasteiger charge is -2.25. The molecule has 1 N–H and O–H groups in total. The molecule has 0 radical (unpaired) electrons. The first-order chi connectivity index (χ1) is 9.54. The minimum atomic E-state index is -0.279. The first-order valence-electron chi connectivity index (χ1n) is 7.15. The first-order valence-corrected chi connectivity index (χ1v) is 7.15. The second kappa shape index (κ2) is 6.37. The summed E-state index contributed by atoms with van der Waals surface area (Å²) in [4.78, 5) is 26.0. The summed E-state index contributed by atoms with van der Waals surface area (Å²) in [5, 5.41) is 8.94. The van der Waals surface area contributed by atoms with Crippen LogP contribution in [-0.4, -0.2) is 38.3 Å². The Bertz CT molecular complexity index is 576. The molecule has 0 saturated carbocycles. The summed E-state index contributed by atoms with van der Waals surface area (Å²) < 4.78 is 2.67. The Hall–Kier alpha value is -1.40. The highest BCUT2D eigenvalue weighted by molar-refractivity contribution is 5.03.